The molecule has 0 fully saturated rings. The fourth-order valence-corrected chi connectivity index (χ4v) is 6.26. The van der Waals surface area contributed by atoms with E-state index in [0.29, 0.717) is 6.61 Å². The molecule has 4 heteroatoms. The number of para-hydroxylation sites is 1. The van der Waals surface area contributed by atoms with Crippen molar-refractivity contribution >= 4 is 29.3 Å². The molecule has 0 amide bonds. The van der Waals surface area contributed by atoms with Gasteiger partial charge in [-0.25, -0.2) is 0 Å². The molecule has 1 aliphatic carbocycles. The highest BCUT2D eigenvalue weighted by molar-refractivity contribution is 8.04. The van der Waals surface area contributed by atoms with Crippen molar-refractivity contribution in [3.8, 4) is 5.75 Å². The molecule has 2 aromatic carbocycles. The van der Waals surface area contributed by atoms with E-state index in [9.17, 15) is 4.79 Å². The van der Waals surface area contributed by atoms with Crippen molar-refractivity contribution in [3.05, 3.63) is 87.2 Å². The summed E-state index contributed by atoms with van der Waals surface area (Å²) in [4.78, 5) is 15.2. The predicted molar refractivity (Wildman–Crippen MR) is 127 cm³/mol. The number of ketones is 1. The molecule has 1 unspecified atom stereocenters. The third-order valence-electron chi connectivity index (χ3n) is 5.12. The van der Waals surface area contributed by atoms with Gasteiger partial charge >= 0.3 is 0 Å². The van der Waals surface area contributed by atoms with Crippen molar-refractivity contribution in [3.63, 3.8) is 0 Å². The minimum Gasteiger partial charge on any atom is -0.489 e. The van der Waals surface area contributed by atoms with Gasteiger partial charge in [-0.3, -0.25) is 4.79 Å². The lowest BCUT2D eigenvalue weighted by molar-refractivity contribution is -0.113. The number of hydrogen-bond acceptors (Lipinski definition) is 4. The van der Waals surface area contributed by atoms with E-state index in [1.54, 1.807) is 18.7 Å². The molecule has 2 nitrogen and oxygen atoms in total. The first kappa shape index (κ1) is 21.8. The van der Waals surface area contributed by atoms with Crippen LogP contribution in [0, 0.1) is 0 Å². The lowest BCUT2D eigenvalue weighted by Crippen LogP contribution is -2.24. The molecule has 0 heterocycles. The molecular formula is C25H28O2S2. The van der Waals surface area contributed by atoms with E-state index in [4.69, 9.17) is 4.74 Å². The van der Waals surface area contributed by atoms with Crippen LogP contribution in [0.15, 0.2) is 81.6 Å². The summed E-state index contributed by atoms with van der Waals surface area (Å²) in [7, 11) is 0. The molecule has 152 valence electrons. The van der Waals surface area contributed by atoms with Gasteiger partial charge in [0.25, 0.3) is 0 Å². The molecule has 1 atom stereocenters. The van der Waals surface area contributed by atoms with E-state index in [-0.39, 0.29) is 11.2 Å². The van der Waals surface area contributed by atoms with Crippen LogP contribution < -0.4 is 4.74 Å². The van der Waals surface area contributed by atoms with Gasteiger partial charge in [-0.15, -0.1) is 23.5 Å². The van der Waals surface area contributed by atoms with Crippen molar-refractivity contribution in [1.82, 2.24) is 0 Å². The largest absolute Gasteiger partial charge is 0.489 e. The number of carbonyl (C=O) groups is 1. The summed E-state index contributed by atoms with van der Waals surface area (Å²) in [6, 6.07) is 20.4. The molecule has 0 bridgehead atoms. The number of hydrogen-bond donors (Lipinski definition) is 0. The minimum atomic E-state index is -0.320. The van der Waals surface area contributed by atoms with Crippen LogP contribution in [0.1, 0.15) is 33.3 Å². The van der Waals surface area contributed by atoms with Crippen LogP contribution in [0.3, 0.4) is 0 Å². The smallest absolute Gasteiger partial charge is 0.161 e. The summed E-state index contributed by atoms with van der Waals surface area (Å²) >= 11 is 3.61. The van der Waals surface area contributed by atoms with Gasteiger partial charge < -0.3 is 4.74 Å². The molecule has 0 aliphatic heterocycles. The van der Waals surface area contributed by atoms with Crippen molar-refractivity contribution in [1.29, 1.82) is 0 Å². The van der Waals surface area contributed by atoms with Crippen molar-refractivity contribution in [2.75, 3.05) is 18.1 Å². The number of rotatable bonds is 9. The molecule has 0 saturated heterocycles. The van der Waals surface area contributed by atoms with Crippen LogP contribution in [0.25, 0.3) is 0 Å². The number of thioether (sulfide) groups is 2. The van der Waals surface area contributed by atoms with E-state index in [1.807, 2.05) is 48.2 Å². The van der Waals surface area contributed by atoms with Gasteiger partial charge in [0.15, 0.2) is 5.78 Å². The van der Waals surface area contributed by atoms with Gasteiger partial charge in [-0.1, -0.05) is 62.4 Å². The second-order valence-corrected chi connectivity index (χ2v) is 9.58. The Morgan fingerprint density at radius 1 is 0.897 bits per heavy atom. The zero-order valence-electron chi connectivity index (χ0n) is 17.5. The quantitative estimate of drug-likeness (QED) is 0.451. The summed E-state index contributed by atoms with van der Waals surface area (Å²) < 4.78 is 6.14. The first-order chi connectivity index (χ1) is 14.0. The van der Waals surface area contributed by atoms with Crippen molar-refractivity contribution in [2.45, 2.75) is 33.1 Å². The maximum atomic E-state index is 12.9. The highest BCUT2D eigenvalue weighted by Crippen LogP contribution is 2.57. The third-order valence-corrected chi connectivity index (χ3v) is 7.54. The fourth-order valence-electron chi connectivity index (χ4n) is 3.86. The zero-order chi connectivity index (χ0) is 20.9. The molecule has 2 aromatic rings. The summed E-state index contributed by atoms with van der Waals surface area (Å²) in [6.45, 7) is 8.65. The van der Waals surface area contributed by atoms with Gasteiger partial charge in [0, 0.05) is 21.0 Å². The molecule has 3 rings (SSSR count). The van der Waals surface area contributed by atoms with Crippen LogP contribution in [0.2, 0.25) is 0 Å². The van der Waals surface area contributed by atoms with Gasteiger partial charge in [-0.2, -0.15) is 0 Å². The molecular weight excluding hydrogens is 396 g/mol. The van der Waals surface area contributed by atoms with Crippen LogP contribution in [0.5, 0.6) is 5.75 Å². The number of allylic oxidation sites excluding steroid dienone is 2. The number of Topliss-reactive ketones (excluding diaryl/α,β-unsaturated/α-hetero) is 1. The first-order valence-electron chi connectivity index (χ1n) is 10.0. The standard InChI is InChI=1S/C25H28O2S2/c1-5-28-23-21(17-27-20-15-11-8-12-16-20)22(18(3)26)24(29-6-2)25(23,4)19-13-9-7-10-14-19/h7-16H,5-6,17H2,1-4H3. The van der Waals surface area contributed by atoms with Gasteiger partial charge in [-0.05, 0) is 43.0 Å². The lowest BCUT2D eigenvalue weighted by Gasteiger charge is -2.32. The van der Waals surface area contributed by atoms with Gasteiger partial charge in [0.1, 0.15) is 12.4 Å². The first-order valence-corrected chi connectivity index (χ1v) is 12.0. The number of benzene rings is 2. The van der Waals surface area contributed by atoms with Gasteiger partial charge in [0.2, 0.25) is 0 Å². The maximum Gasteiger partial charge on any atom is 0.161 e. The SMILES string of the molecule is CCSC1=C(COc2ccccc2)C(C(C)=O)=C(SCC)C1(C)c1ccccc1. The van der Waals surface area contributed by atoms with Crippen LogP contribution in [0.4, 0.5) is 0 Å². The highest BCUT2D eigenvalue weighted by atomic mass is 32.2. The number of carbonyl (C=O) groups excluding carboxylic acids is 1. The molecule has 0 spiro atoms. The molecule has 0 N–H and O–H groups in total. The number of ether oxygens (including phenoxy) is 1. The Labute approximate surface area is 182 Å². The minimum absolute atomic E-state index is 0.112. The Hall–Kier alpha value is -1.91. The Morgan fingerprint density at radius 2 is 1.45 bits per heavy atom. The molecule has 0 radical (unpaired) electrons. The molecule has 0 saturated carbocycles. The van der Waals surface area contributed by atoms with Crippen molar-refractivity contribution in [2.24, 2.45) is 0 Å². The Kier molecular flexibility index (Phi) is 7.31. The topological polar surface area (TPSA) is 26.3 Å². The van der Waals surface area contributed by atoms with Crippen LogP contribution in [-0.2, 0) is 10.2 Å². The van der Waals surface area contributed by atoms with Crippen LogP contribution in [-0.4, -0.2) is 23.9 Å². The average molecular weight is 425 g/mol. The predicted octanol–water partition coefficient (Wildman–Crippen LogP) is 6.64. The third kappa shape index (κ3) is 4.34. The Bertz CT molecular complexity index is 916. The molecule has 1 aliphatic rings. The van der Waals surface area contributed by atoms with Crippen molar-refractivity contribution < 1.29 is 9.53 Å². The summed E-state index contributed by atoms with van der Waals surface area (Å²) in [5.41, 5.74) is 2.78. The maximum absolute atomic E-state index is 12.9. The van der Waals surface area contributed by atoms with Crippen LogP contribution >= 0.6 is 23.5 Å². The monoisotopic (exact) mass is 424 g/mol. The van der Waals surface area contributed by atoms with E-state index in [0.717, 1.165) is 33.3 Å². The summed E-state index contributed by atoms with van der Waals surface area (Å²) in [5, 5.41) is 0. The Morgan fingerprint density at radius 3 is 2.00 bits per heavy atom. The highest BCUT2D eigenvalue weighted by Gasteiger charge is 2.46. The van der Waals surface area contributed by atoms with E-state index in [1.165, 1.54) is 10.5 Å². The van der Waals surface area contributed by atoms with E-state index >= 15 is 0 Å². The normalized spacial score (nSPS) is 19.0. The van der Waals surface area contributed by atoms with E-state index < -0.39 is 0 Å². The fraction of sp³-hybridized carbons (Fsp3) is 0.320. The zero-order valence-corrected chi connectivity index (χ0v) is 19.2. The van der Waals surface area contributed by atoms with Gasteiger partial charge in [0.05, 0.1) is 5.41 Å². The second-order valence-electron chi connectivity index (χ2n) is 7.03. The second kappa shape index (κ2) is 9.73. The molecule has 29 heavy (non-hydrogen) atoms. The van der Waals surface area contributed by atoms with E-state index in [2.05, 4.69) is 45.0 Å². The average Bonchev–Trinajstić information content (AvgIpc) is 2.98. The summed E-state index contributed by atoms with van der Waals surface area (Å²) in [5.74, 6) is 2.80. The lowest BCUT2D eigenvalue weighted by atomic mass is 9.83. The summed E-state index contributed by atoms with van der Waals surface area (Å²) in [6.07, 6.45) is 0. The molecule has 0 aromatic heterocycles. The Balaban J connectivity index is 2.16.